The Kier molecular flexibility index (Phi) is 3.85. The molecule has 0 saturated carbocycles. The van der Waals surface area contributed by atoms with Crippen molar-refractivity contribution in [2.75, 3.05) is 6.61 Å². The summed E-state index contributed by atoms with van der Waals surface area (Å²) in [7, 11) is 0. The Balaban J connectivity index is 2.84. The fraction of sp³-hybridized carbons (Fsp3) is 0.125. The zero-order chi connectivity index (χ0) is 10.6. The van der Waals surface area contributed by atoms with Crippen molar-refractivity contribution in [1.29, 1.82) is 0 Å². The summed E-state index contributed by atoms with van der Waals surface area (Å²) in [5.41, 5.74) is 0.0814. The summed E-state index contributed by atoms with van der Waals surface area (Å²) in [5, 5.41) is -0.0469. The number of rotatable bonds is 3. The average molecular weight is 233 g/mol. The van der Waals surface area contributed by atoms with Crippen molar-refractivity contribution >= 4 is 29.2 Å². The van der Waals surface area contributed by atoms with Crippen LogP contribution in [0.5, 0.6) is 0 Å². The molecule has 0 N–H and O–H groups in total. The highest BCUT2D eigenvalue weighted by Crippen LogP contribution is 2.14. The Labute approximate surface area is 90.5 Å². The second-order valence-electron chi connectivity index (χ2n) is 2.23. The van der Waals surface area contributed by atoms with Crippen molar-refractivity contribution in [3.8, 4) is 0 Å². The van der Waals surface area contributed by atoms with Crippen molar-refractivity contribution in [3.63, 3.8) is 0 Å². The van der Waals surface area contributed by atoms with E-state index < -0.39 is 5.97 Å². The molecule has 1 rings (SSSR count). The smallest absolute Gasteiger partial charge is 0.343 e. The number of carbonyl (C=O) groups is 1. The first-order valence-electron chi connectivity index (χ1n) is 3.61. The summed E-state index contributed by atoms with van der Waals surface area (Å²) in [6.07, 6.45) is 2.66. The molecule has 0 spiro atoms. The van der Waals surface area contributed by atoms with E-state index in [1.54, 1.807) is 0 Å². The van der Waals surface area contributed by atoms with Gasteiger partial charge in [-0.05, 0) is 11.6 Å². The highest BCUT2D eigenvalue weighted by atomic mass is 35.5. The highest BCUT2D eigenvalue weighted by molar-refractivity contribution is 6.33. The number of halogens is 2. The fourth-order valence-electron chi connectivity index (χ4n) is 0.690. The Morgan fingerprint density at radius 2 is 2.36 bits per heavy atom. The van der Waals surface area contributed by atoms with Crippen LogP contribution in [0.25, 0.3) is 0 Å². The van der Waals surface area contributed by atoms with Crippen LogP contribution in [-0.2, 0) is 4.74 Å². The van der Waals surface area contributed by atoms with Crippen molar-refractivity contribution < 1.29 is 9.53 Å². The Morgan fingerprint density at radius 1 is 1.64 bits per heavy atom. The fourth-order valence-corrected chi connectivity index (χ4v) is 1.07. The zero-order valence-corrected chi connectivity index (χ0v) is 8.55. The molecule has 0 saturated heterocycles. The van der Waals surface area contributed by atoms with Gasteiger partial charge in [0.1, 0.15) is 17.3 Å². The predicted molar refractivity (Wildman–Crippen MR) is 52.5 cm³/mol. The molecule has 0 bridgehead atoms. The second-order valence-corrected chi connectivity index (χ2v) is 2.93. The molecule has 0 fully saturated rings. The topological polar surface area (TPSA) is 52.1 Å². The van der Waals surface area contributed by atoms with Crippen LogP contribution >= 0.6 is 23.2 Å². The van der Waals surface area contributed by atoms with E-state index in [4.69, 9.17) is 27.9 Å². The normalized spacial score (nSPS) is 9.57. The standard InChI is InChI=1S/C8H6Cl2N2O2/c1-2-3-14-7(13)5-4-11-8(10)12-6(5)9/h2,4H,1,3H2. The third kappa shape index (κ3) is 2.68. The number of hydrogen-bond acceptors (Lipinski definition) is 4. The van der Waals surface area contributed by atoms with Crippen LogP contribution in [0.2, 0.25) is 10.4 Å². The summed E-state index contributed by atoms with van der Waals surface area (Å²) in [6.45, 7) is 3.51. The number of esters is 1. The van der Waals surface area contributed by atoms with E-state index >= 15 is 0 Å². The number of hydrogen-bond donors (Lipinski definition) is 0. The van der Waals surface area contributed by atoms with Gasteiger partial charge < -0.3 is 4.74 Å². The summed E-state index contributed by atoms with van der Waals surface area (Å²) < 4.78 is 4.73. The minimum absolute atomic E-state index is 0.0183. The van der Waals surface area contributed by atoms with E-state index in [0.717, 1.165) is 0 Å². The quantitative estimate of drug-likeness (QED) is 0.347. The van der Waals surface area contributed by atoms with Crippen LogP contribution in [0.4, 0.5) is 0 Å². The molecule has 1 aromatic rings. The molecular weight excluding hydrogens is 227 g/mol. The van der Waals surface area contributed by atoms with Gasteiger partial charge in [0.15, 0.2) is 0 Å². The monoisotopic (exact) mass is 232 g/mol. The molecule has 0 radical (unpaired) electrons. The molecule has 0 aliphatic rings. The van der Waals surface area contributed by atoms with Crippen molar-refractivity contribution in [2.45, 2.75) is 0 Å². The van der Waals surface area contributed by atoms with Gasteiger partial charge in [-0.15, -0.1) is 0 Å². The van der Waals surface area contributed by atoms with E-state index in [1.807, 2.05) is 0 Å². The molecule has 0 aliphatic carbocycles. The predicted octanol–water partition coefficient (Wildman–Crippen LogP) is 2.13. The minimum Gasteiger partial charge on any atom is -0.458 e. The van der Waals surface area contributed by atoms with Crippen molar-refractivity contribution in [3.05, 3.63) is 34.9 Å². The van der Waals surface area contributed by atoms with Gasteiger partial charge in [-0.25, -0.2) is 14.8 Å². The summed E-state index contributed by atoms with van der Waals surface area (Å²) >= 11 is 11.1. The lowest BCUT2D eigenvalue weighted by Gasteiger charge is -2.02. The average Bonchev–Trinajstić information content (AvgIpc) is 2.14. The van der Waals surface area contributed by atoms with Crippen LogP contribution in [0.3, 0.4) is 0 Å². The molecule has 6 heteroatoms. The number of ether oxygens (including phenoxy) is 1. The van der Waals surface area contributed by atoms with Crippen LogP contribution < -0.4 is 0 Å². The van der Waals surface area contributed by atoms with Gasteiger partial charge in [0.2, 0.25) is 5.28 Å². The first-order valence-corrected chi connectivity index (χ1v) is 4.37. The third-order valence-electron chi connectivity index (χ3n) is 1.27. The Hall–Kier alpha value is -1.13. The van der Waals surface area contributed by atoms with E-state index in [0.29, 0.717) is 0 Å². The number of carbonyl (C=O) groups excluding carboxylic acids is 1. The first-order chi connectivity index (χ1) is 6.65. The maximum absolute atomic E-state index is 11.3. The lowest BCUT2D eigenvalue weighted by atomic mass is 10.3. The molecule has 0 unspecified atom stereocenters. The van der Waals surface area contributed by atoms with Crippen LogP contribution in [0.1, 0.15) is 10.4 Å². The maximum Gasteiger partial charge on any atom is 0.343 e. The summed E-state index contributed by atoms with van der Waals surface area (Å²) in [4.78, 5) is 18.5. The molecule has 1 aromatic heterocycles. The lowest BCUT2D eigenvalue weighted by molar-refractivity contribution is 0.0549. The number of aromatic nitrogens is 2. The van der Waals surface area contributed by atoms with Gasteiger partial charge in [-0.2, -0.15) is 0 Å². The van der Waals surface area contributed by atoms with E-state index in [-0.39, 0.29) is 22.6 Å². The van der Waals surface area contributed by atoms with Gasteiger partial charge >= 0.3 is 5.97 Å². The minimum atomic E-state index is -0.605. The van der Waals surface area contributed by atoms with Gasteiger partial charge in [0.05, 0.1) is 0 Å². The molecule has 14 heavy (non-hydrogen) atoms. The van der Waals surface area contributed by atoms with Gasteiger partial charge in [-0.3, -0.25) is 0 Å². The van der Waals surface area contributed by atoms with E-state index in [2.05, 4.69) is 16.5 Å². The number of nitrogens with zero attached hydrogens (tertiary/aromatic N) is 2. The molecule has 0 aromatic carbocycles. The van der Waals surface area contributed by atoms with Crippen LogP contribution in [-0.4, -0.2) is 22.5 Å². The van der Waals surface area contributed by atoms with Crippen molar-refractivity contribution in [2.24, 2.45) is 0 Å². The van der Waals surface area contributed by atoms with Crippen LogP contribution in [0.15, 0.2) is 18.9 Å². The van der Waals surface area contributed by atoms with Gasteiger partial charge in [0, 0.05) is 6.20 Å². The third-order valence-corrected chi connectivity index (χ3v) is 1.74. The molecule has 0 amide bonds. The highest BCUT2D eigenvalue weighted by Gasteiger charge is 2.13. The van der Waals surface area contributed by atoms with Crippen molar-refractivity contribution in [1.82, 2.24) is 9.97 Å². The second kappa shape index (κ2) is 4.93. The molecule has 1 heterocycles. The molecule has 4 nitrogen and oxygen atoms in total. The van der Waals surface area contributed by atoms with Gasteiger partial charge in [-0.1, -0.05) is 24.3 Å². The lowest BCUT2D eigenvalue weighted by Crippen LogP contribution is -2.07. The summed E-state index contributed by atoms with van der Waals surface area (Å²) in [6, 6.07) is 0. The molecule has 0 atom stereocenters. The van der Waals surface area contributed by atoms with E-state index in [1.165, 1.54) is 12.3 Å². The SMILES string of the molecule is C=CCOC(=O)c1cnc(Cl)nc1Cl. The molecule has 74 valence electrons. The molecule has 0 aliphatic heterocycles. The zero-order valence-electron chi connectivity index (χ0n) is 7.04. The maximum atomic E-state index is 11.3. The summed E-state index contributed by atoms with van der Waals surface area (Å²) in [5.74, 6) is -0.605. The Bertz CT molecular complexity index is 368. The Morgan fingerprint density at radius 3 is 2.93 bits per heavy atom. The molecular formula is C8H6Cl2N2O2. The first kappa shape index (κ1) is 10.9. The van der Waals surface area contributed by atoms with Crippen LogP contribution in [0, 0.1) is 0 Å². The van der Waals surface area contributed by atoms with Gasteiger partial charge in [0.25, 0.3) is 0 Å². The largest absolute Gasteiger partial charge is 0.458 e. The van der Waals surface area contributed by atoms with E-state index in [9.17, 15) is 4.79 Å².